The third-order valence-electron chi connectivity index (χ3n) is 3.36. The molecule has 0 bridgehead atoms. The smallest absolute Gasteiger partial charge is 0.306 e. The van der Waals surface area contributed by atoms with Crippen molar-refractivity contribution >= 4 is 17.3 Å². The molecular formula is C17H17FN2O4. The Bertz CT molecular complexity index is 777. The average Bonchev–Trinajstić information content (AvgIpc) is 2.52. The number of carbonyl (C=O) groups excluding carboxylic acids is 1. The quantitative estimate of drug-likeness (QED) is 0.645. The molecule has 0 aliphatic carbocycles. The van der Waals surface area contributed by atoms with Gasteiger partial charge in [0.05, 0.1) is 18.0 Å². The van der Waals surface area contributed by atoms with E-state index < -0.39 is 16.4 Å². The van der Waals surface area contributed by atoms with Gasteiger partial charge in [-0.25, -0.2) is 0 Å². The van der Waals surface area contributed by atoms with Crippen LogP contribution in [-0.4, -0.2) is 17.4 Å². The monoisotopic (exact) mass is 332 g/mol. The number of rotatable bonds is 6. The third-order valence-corrected chi connectivity index (χ3v) is 3.36. The van der Waals surface area contributed by atoms with Crippen molar-refractivity contribution in [2.75, 3.05) is 11.9 Å². The van der Waals surface area contributed by atoms with E-state index in [1.54, 1.807) is 0 Å². The van der Waals surface area contributed by atoms with Gasteiger partial charge in [-0.1, -0.05) is 12.1 Å². The van der Waals surface area contributed by atoms with Crippen LogP contribution in [0.25, 0.3) is 0 Å². The number of amides is 1. The molecule has 0 spiro atoms. The van der Waals surface area contributed by atoms with Crippen LogP contribution in [0.4, 0.5) is 15.8 Å². The number of nitro benzene ring substituents is 1. The van der Waals surface area contributed by atoms with Crippen LogP contribution in [-0.2, 0) is 4.79 Å². The van der Waals surface area contributed by atoms with Crippen LogP contribution in [0.15, 0.2) is 36.4 Å². The second-order valence-corrected chi connectivity index (χ2v) is 5.34. The van der Waals surface area contributed by atoms with E-state index in [0.29, 0.717) is 5.75 Å². The highest BCUT2D eigenvalue weighted by atomic mass is 19.1. The molecule has 0 fully saturated rings. The van der Waals surface area contributed by atoms with Crippen molar-refractivity contribution in [3.8, 4) is 5.75 Å². The molecule has 0 aromatic heterocycles. The third kappa shape index (κ3) is 4.52. The molecule has 0 heterocycles. The first-order valence-electron chi connectivity index (χ1n) is 7.30. The van der Waals surface area contributed by atoms with Crippen LogP contribution in [0, 0.1) is 29.8 Å². The summed E-state index contributed by atoms with van der Waals surface area (Å²) in [7, 11) is 0. The number of anilines is 1. The summed E-state index contributed by atoms with van der Waals surface area (Å²) in [6.45, 7) is 4.02. The highest BCUT2D eigenvalue weighted by molar-refractivity contribution is 5.91. The number of hydrogen-bond donors (Lipinski definition) is 1. The fourth-order valence-electron chi connectivity index (χ4n) is 2.07. The number of nitro groups is 1. The number of ether oxygens (including phenoxy) is 1. The Kier molecular flexibility index (Phi) is 5.47. The maximum absolute atomic E-state index is 13.2. The first-order chi connectivity index (χ1) is 11.4. The Morgan fingerprint density at radius 1 is 1.25 bits per heavy atom. The summed E-state index contributed by atoms with van der Waals surface area (Å²) in [5.74, 6) is -0.613. The number of hydrogen-bond acceptors (Lipinski definition) is 4. The Labute approximate surface area is 138 Å². The zero-order chi connectivity index (χ0) is 17.7. The minimum atomic E-state index is -0.948. The zero-order valence-corrected chi connectivity index (χ0v) is 13.3. The fourth-order valence-corrected chi connectivity index (χ4v) is 2.07. The van der Waals surface area contributed by atoms with E-state index in [2.05, 4.69) is 5.32 Å². The minimum absolute atomic E-state index is 0.0680. The molecule has 0 saturated carbocycles. The van der Waals surface area contributed by atoms with Crippen LogP contribution in [0.5, 0.6) is 5.75 Å². The van der Waals surface area contributed by atoms with Gasteiger partial charge in [0.2, 0.25) is 11.7 Å². The molecule has 0 atom stereocenters. The highest BCUT2D eigenvalue weighted by Gasteiger charge is 2.15. The largest absolute Gasteiger partial charge is 0.493 e. The Morgan fingerprint density at radius 2 is 2.00 bits per heavy atom. The van der Waals surface area contributed by atoms with Crippen molar-refractivity contribution in [1.82, 2.24) is 0 Å². The molecule has 2 rings (SSSR count). The molecule has 2 aromatic rings. The molecular weight excluding hydrogens is 315 g/mol. The topological polar surface area (TPSA) is 81.5 Å². The molecule has 1 amide bonds. The predicted octanol–water partition coefficient (Wildman–Crippen LogP) is 3.76. The van der Waals surface area contributed by atoms with Gasteiger partial charge in [-0.2, -0.15) is 4.39 Å². The number of nitrogens with one attached hydrogen (secondary N) is 1. The second kappa shape index (κ2) is 7.54. The van der Waals surface area contributed by atoms with Gasteiger partial charge in [-0.3, -0.25) is 14.9 Å². The van der Waals surface area contributed by atoms with Crippen LogP contribution < -0.4 is 10.1 Å². The summed E-state index contributed by atoms with van der Waals surface area (Å²) in [5, 5.41) is 13.2. The van der Waals surface area contributed by atoms with E-state index in [9.17, 15) is 19.3 Å². The molecule has 0 unspecified atom stereocenters. The minimum Gasteiger partial charge on any atom is -0.493 e. The van der Waals surface area contributed by atoms with Crippen LogP contribution in [0.2, 0.25) is 0 Å². The van der Waals surface area contributed by atoms with Gasteiger partial charge in [0.25, 0.3) is 0 Å². The number of halogens is 1. The molecule has 126 valence electrons. The molecule has 24 heavy (non-hydrogen) atoms. The maximum atomic E-state index is 13.2. The predicted molar refractivity (Wildman–Crippen MR) is 87.7 cm³/mol. The van der Waals surface area contributed by atoms with E-state index in [4.69, 9.17) is 4.74 Å². The maximum Gasteiger partial charge on any atom is 0.306 e. The van der Waals surface area contributed by atoms with Crippen molar-refractivity contribution in [2.24, 2.45) is 0 Å². The summed E-state index contributed by atoms with van der Waals surface area (Å²) in [6, 6.07) is 8.99. The van der Waals surface area contributed by atoms with Gasteiger partial charge >= 0.3 is 5.69 Å². The van der Waals surface area contributed by atoms with Gasteiger partial charge in [0, 0.05) is 11.8 Å². The summed E-state index contributed by atoms with van der Waals surface area (Å²) < 4.78 is 18.8. The van der Waals surface area contributed by atoms with Crippen LogP contribution in [0.3, 0.4) is 0 Å². The van der Waals surface area contributed by atoms with Gasteiger partial charge in [-0.15, -0.1) is 0 Å². The summed E-state index contributed by atoms with van der Waals surface area (Å²) >= 11 is 0. The molecule has 0 saturated heterocycles. The summed E-state index contributed by atoms with van der Waals surface area (Å²) in [6.07, 6.45) is 0.0680. The van der Waals surface area contributed by atoms with Crippen LogP contribution >= 0.6 is 0 Å². The number of nitrogens with zero attached hydrogens (tertiary/aromatic N) is 1. The number of carbonyl (C=O) groups is 1. The lowest BCUT2D eigenvalue weighted by Crippen LogP contribution is -2.15. The SMILES string of the molecule is Cc1ccc(C)c(OCCC(=O)Nc2ccc(F)c([N+](=O)[O-])c2)c1. The van der Waals surface area contributed by atoms with E-state index in [1.807, 2.05) is 32.0 Å². The highest BCUT2D eigenvalue weighted by Crippen LogP contribution is 2.22. The van der Waals surface area contributed by atoms with E-state index in [-0.39, 0.29) is 24.6 Å². The van der Waals surface area contributed by atoms with Crippen molar-refractivity contribution in [1.29, 1.82) is 0 Å². The first-order valence-corrected chi connectivity index (χ1v) is 7.30. The Hall–Kier alpha value is -2.96. The van der Waals surface area contributed by atoms with E-state index in [1.165, 1.54) is 6.07 Å². The molecule has 0 radical (unpaired) electrons. The standard InChI is InChI=1S/C17H17FN2O4/c1-11-3-4-12(2)16(9-11)24-8-7-17(21)19-13-5-6-14(18)15(10-13)20(22)23/h3-6,9-10H,7-8H2,1-2H3,(H,19,21). The van der Waals surface area contributed by atoms with Gasteiger partial charge in [0.15, 0.2) is 0 Å². The second-order valence-electron chi connectivity index (χ2n) is 5.34. The fraction of sp³-hybridized carbons (Fsp3) is 0.235. The van der Waals surface area contributed by atoms with Crippen molar-refractivity contribution in [3.63, 3.8) is 0 Å². The van der Waals surface area contributed by atoms with Crippen molar-refractivity contribution in [3.05, 3.63) is 63.5 Å². The molecule has 7 heteroatoms. The average molecular weight is 332 g/mol. The lowest BCUT2D eigenvalue weighted by molar-refractivity contribution is -0.387. The molecule has 6 nitrogen and oxygen atoms in total. The zero-order valence-electron chi connectivity index (χ0n) is 13.3. The molecule has 0 aliphatic rings. The first kappa shape index (κ1) is 17.4. The number of aryl methyl sites for hydroxylation is 2. The molecule has 0 aliphatic heterocycles. The van der Waals surface area contributed by atoms with Gasteiger partial charge < -0.3 is 10.1 Å². The normalized spacial score (nSPS) is 10.3. The Balaban J connectivity index is 1.91. The van der Waals surface area contributed by atoms with Crippen molar-refractivity contribution in [2.45, 2.75) is 20.3 Å². The van der Waals surface area contributed by atoms with E-state index in [0.717, 1.165) is 23.3 Å². The Morgan fingerprint density at radius 3 is 2.71 bits per heavy atom. The van der Waals surface area contributed by atoms with Gasteiger partial charge in [-0.05, 0) is 43.2 Å². The van der Waals surface area contributed by atoms with E-state index >= 15 is 0 Å². The van der Waals surface area contributed by atoms with Gasteiger partial charge in [0.1, 0.15) is 5.75 Å². The lowest BCUT2D eigenvalue weighted by atomic mass is 10.1. The molecule has 2 aromatic carbocycles. The van der Waals surface area contributed by atoms with Crippen molar-refractivity contribution < 1.29 is 18.8 Å². The summed E-state index contributed by atoms with van der Waals surface area (Å²) in [5.41, 5.74) is 1.51. The summed E-state index contributed by atoms with van der Waals surface area (Å²) in [4.78, 5) is 21.7. The van der Waals surface area contributed by atoms with Crippen LogP contribution in [0.1, 0.15) is 17.5 Å². The number of benzene rings is 2. The molecule has 1 N–H and O–H groups in total. The lowest BCUT2D eigenvalue weighted by Gasteiger charge is -2.10.